The summed E-state index contributed by atoms with van der Waals surface area (Å²) in [5.74, 6) is 0.454. The van der Waals surface area contributed by atoms with Gasteiger partial charge >= 0.3 is 0 Å². The lowest BCUT2D eigenvalue weighted by Gasteiger charge is -2.05. The SMILES string of the molecule is O=S(=O)(Cc1ccccc1)N1CC1CCl. The van der Waals surface area contributed by atoms with Crippen LogP contribution in [0.15, 0.2) is 30.3 Å². The maximum absolute atomic E-state index is 11.8. The topological polar surface area (TPSA) is 37.1 Å². The Morgan fingerprint density at radius 2 is 2.00 bits per heavy atom. The van der Waals surface area contributed by atoms with Crippen LogP contribution in [0.3, 0.4) is 0 Å². The second kappa shape index (κ2) is 4.12. The molecule has 1 aliphatic rings. The fraction of sp³-hybridized carbons (Fsp3) is 0.400. The molecule has 5 heteroatoms. The van der Waals surface area contributed by atoms with Gasteiger partial charge in [0.2, 0.25) is 10.0 Å². The minimum Gasteiger partial charge on any atom is -0.212 e. The lowest BCUT2D eigenvalue weighted by molar-refractivity contribution is 0.555. The van der Waals surface area contributed by atoms with Crippen LogP contribution in [0.5, 0.6) is 0 Å². The van der Waals surface area contributed by atoms with E-state index < -0.39 is 10.0 Å². The summed E-state index contributed by atoms with van der Waals surface area (Å²) in [6, 6.07) is 9.20. The standard InChI is InChI=1S/C10H12ClNO2S/c11-6-10-7-12(10)15(13,14)8-9-4-2-1-3-5-9/h1-5,10H,6-8H2. The van der Waals surface area contributed by atoms with Crippen molar-refractivity contribution in [2.75, 3.05) is 12.4 Å². The van der Waals surface area contributed by atoms with Crippen LogP contribution in [-0.2, 0) is 15.8 Å². The molecule has 0 saturated carbocycles. The molecule has 1 saturated heterocycles. The molecule has 2 unspecified atom stereocenters. The monoisotopic (exact) mass is 245 g/mol. The van der Waals surface area contributed by atoms with Gasteiger partial charge in [0.1, 0.15) is 0 Å². The van der Waals surface area contributed by atoms with Crippen LogP contribution < -0.4 is 0 Å². The predicted octanol–water partition coefficient (Wildman–Crippen LogP) is 1.44. The summed E-state index contributed by atoms with van der Waals surface area (Å²) in [5.41, 5.74) is 0.817. The van der Waals surface area contributed by atoms with Gasteiger partial charge in [-0.3, -0.25) is 0 Å². The lowest BCUT2D eigenvalue weighted by atomic mass is 10.2. The third-order valence-corrected chi connectivity index (χ3v) is 4.61. The molecular weight excluding hydrogens is 234 g/mol. The van der Waals surface area contributed by atoms with Crippen molar-refractivity contribution in [3.63, 3.8) is 0 Å². The molecule has 0 spiro atoms. The van der Waals surface area contributed by atoms with Crippen LogP contribution >= 0.6 is 11.6 Å². The normalized spacial score (nSPS) is 25.1. The molecule has 1 aromatic rings. The van der Waals surface area contributed by atoms with E-state index in [1.807, 2.05) is 30.3 Å². The highest BCUT2D eigenvalue weighted by Crippen LogP contribution is 2.25. The molecule has 0 aliphatic carbocycles. The predicted molar refractivity (Wildman–Crippen MR) is 60.3 cm³/mol. The summed E-state index contributed by atoms with van der Waals surface area (Å²) in [7, 11) is -3.15. The second-order valence-corrected chi connectivity index (χ2v) is 5.85. The fourth-order valence-electron chi connectivity index (χ4n) is 1.49. The van der Waals surface area contributed by atoms with Crippen molar-refractivity contribution < 1.29 is 8.42 Å². The summed E-state index contributed by atoms with van der Waals surface area (Å²) in [4.78, 5) is 0. The third kappa shape index (κ3) is 2.51. The number of alkyl halides is 1. The Hall–Kier alpha value is -0.580. The zero-order chi connectivity index (χ0) is 10.9. The first kappa shape index (κ1) is 10.9. The Morgan fingerprint density at radius 3 is 2.53 bits per heavy atom. The van der Waals surface area contributed by atoms with Crippen molar-refractivity contribution in [1.29, 1.82) is 0 Å². The maximum atomic E-state index is 11.8. The van der Waals surface area contributed by atoms with Gasteiger partial charge in [0.15, 0.2) is 0 Å². The van der Waals surface area contributed by atoms with Gasteiger partial charge in [0.25, 0.3) is 0 Å². The number of hydrogen-bond acceptors (Lipinski definition) is 2. The van der Waals surface area contributed by atoms with Crippen molar-refractivity contribution in [2.45, 2.75) is 11.8 Å². The Kier molecular flexibility index (Phi) is 3.00. The minimum atomic E-state index is -3.15. The van der Waals surface area contributed by atoms with E-state index in [0.717, 1.165) is 5.56 Å². The molecule has 82 valence electrons. The summed E-state index contributed by atoms with van der Waals surface area (Å²) >= 11 is 5.60. The first-order valence-electron chi connectivity index (χ1n) is 4.73. The van der Waals surface area contributed by atoms with E-state index in [9.17, 15) is 8.42 Å². The number of sulfonamides is 1. The smallest absolute Gasteiger partial charge is 0.212 e. The lowest BCUT2D eigenvalue weighted by Crippen LogP contribution is -2.17. The molecular formula is C10H12ClNO2S. The van der Waals surface area contributed by atoms with Crippen LogP contribution in [0.4, 0.5) is 0 Å². The Labute approximate surface area is 94.7 Å². The molecule has 0 amide bonds. The second-order valence-electron chi connectivity index (χ2n) is 3.62. The van der Waals surface area contributed by atoms with Gasteiger partial charge in [0.05, 0.1) is 11.8 Å². The Balaban J connectivity index is 2.07. The van der Waals surface area contributed by atoms with E-state index in [-0.39, 0.29) is 11.8 Å². The van der Waals surface area contributed by atoms with Gasteiger partial charge in [-0.25, -0.2) is 8.42 Å². The largest absolute Gasteiger partial charge is 0.218 e. The number of nitrogens with zero attached hydrogens (tertiary/aromatic N) is 1. The van der Waals surface area contributed by atoms with Crippen LogP contribution in [0.1, 0.15) is 5.56 Å². The molecule has 1 aliphatic heterocycles. The van der Waals surface area contributed by atoms with Gasteiger partial charge in [-0.05, 0) is 5.56 Å². The molecule has 15 heavy (non-hydrogen) atoms. The number of benzene rings is 1. The van der Waals surface area contributed by atoms with Crippen LogP contribution in [0.25, 0.3) is 0 Å². The average Bonchev–Trinajstić information content (AvgIpc) is 2.98. The molecule has 0 radical (unpaired) electrons. The van der Waals surface area contributed by atoms with E-state index in [4.69, 9.17) is 11.6 Å². The van der Waals surface area contributed by atoms with Crippen molar-refractivity contribution in [3.8, 4) is 0 Å². The van der Waals surface area contributed by atoms with E-state index in [0.29, 0.717) is 12.4 Å². The van der Waals surface area contributed by atoms with Crippen molar-refractivity contribution in [1.82, 2.24) is 4.31 Å². The van der Waals surface area contributed by atoms with E-state index in [2.05, 4.69) is 0 Å². The zero-order valence-electron chi connectivity index (χ0n) is 8.14. The molecule has 0 bridgehead atoms. The molecule has 2 atom stereocenters. The maximum Gasteiger partial charge on any atom is 0.218 e. The highest BCUT2D eigenvalue weighted by molar-refractivity contribution is 7.88. The average molecular weight is 246 g/mol. The Morgan fingerprint density at radius 1 is 1.33 bits per heavy atom. The molecule has 1 heterocycles. The van der Waals surface area contributed by atoms with Crippen molar-refractivity contribution >= 4 is 21.6 Å². The summed E-state index contributed by atoms with van der Waals surface area (Å²) in [6.45, 7) is 0.568. The number of rotatable bonds is 4. The zero-order valence-corrected chi connectivity index (χ0v) is 9.71. The molecule has 0 aromatic heterocycles. The molecule has 1 aromatic carbocycles. The fourth-order valence-corrected chi connectivity index (χ4v) is 3.55. The van der Waals surface area contributed by atoms with Crippen LogP contribution in [0, 0.1) is 0 Å². The van der Waals surface area contributed by atoms with E-state index in [1.165, 1.54) is 4.31 Å². The first-order valence-corrected chi connectivity index (χ1v) is 6.87. The highest BCUT2D eigenvalue weighted by Gasteiger charge is 2.42. The van der Waals surface area contributed by atoms with E-state index >= 15 is 0 Å². The molecule has 2 rings (SSSR count). The number of halogens is 1. The molecule has 0 N–H and O–H groups in total. The van der Waals surface area contributed by atoms with E-state index in [1.54, 1.807) is 0 Å². The van der Waals surface area contributed by atoms with Gasteiger partial charge in [-0.2, -0.15) is 4.31 Å². The Bertz CT molecular complexity index is 432. The summed E-state index contributed by atoms with van der Waals surface area (Å²) < 4.78 is 25.0. The highest BCUT2D eigenvalue weighted by atomic mass is 35.5. The van der Waals surface area contributed by atoms with Gasteiger partial charge in [0, 0.05) is 12.4 Å². The summed E-state index contributed by atoms with van der Waals surface area (Å²) in [6.07, 6.45) is 0. The third-order valence-electron chi connectivity index (χ3n) is 2.39. The van der Waals surface area contributed by atoms with Crippen molar-refractivity contribution in [2.24, 2.45) is 0 Å². The minimum absolute atomic E-state index is 0.0142. The summed E-state index contributed by atoms with van der Waals surface area (Å²) in [5, 5.41) is 0. The van der Waals surface area contributed by atoms with Crippen LogP contribution in [-0.4, -0.2) is 31.2 Å². The molecule has 1 fully saturated rings. The number of hydrogen-bond donors (Lipinski definition) is 0. The van der Waals surface area contributed by atoms with Gasteiger partial charge < -0.3 is 0 Å². The quantitative estimate of drug-likeness (QED) is 0.595. The van der Waals surface area contributed by atoms with Gasteiger partial charge in [-0.15, -0.1) is 11.6 Å². The van der Waals surface area contributed by atoms with Crippen molar-refractivity contribution in [3.05, 3.63) is 35.9 Å². The van der Waals surface area contributed by atoms with Gasteiger partial charge in [-0.1, -0.05) is 30.3 Å². The van der Waals surface area contributed by atoms with Crippen LogP contribution in [0.2, 0.25) is 0 Å². The first-order chi connectivity index (χ1) is 7.13. The molecule has 3 nitrogen and oxygen atoms in total.